The predicted octanol–water partition coefficient (Wildman–Crippen LogP) is 4.49. The van der Waals surface area contributed by atoms with Gasteiger partial charge in [-0.25, -0.2) is 4.39 Å². The third-order valence-corrected chi connectivity index (χ3v) is 3.87. The van der Waals surface area contributed by atoms with Crippen LogP contribution in [0.5, 0.6) is 5.75 Å². The van der Waals surface area contributed by atoms with E-state index in [9.17, 15) is 4.39 Å². The molecule has 2 nitrogen and oxygen atoms in total. The van der Waals surface area contributed by atoms with Gasteiger partial charge >= 0.3 is 0 Å². The summed E-state index contributed by atoms with van der Waals surface area (Å²) in [4.78, 5) is 0. The molecule has 5 heteroatoms. The van der Waals surface area contributed by atoms with E-state index in [4.69, 9.17) is 22.1 Å². The molecule has 2 aromatic carbocycles. The maximum atomic E-state index is 13.6. The molecular weight excluding hydrogens is 345 g/mol. The minimum atomic E-state index is -0.391. The van der Waals surface area contributed by atoms with Gasteiger partial charge in [-0.3, -0.25) is 0 Å². The molecule has 0 amide bonds. The van der Waals surface area contributed by atoms with Crippen molar-refractivity contribution >= 4 is 27.5 Å². The number of rotatable bonds is 4. The van der Waals surface area contributed by atoms with Gasteiger partial charge in [0, 0.05) is 15.5 Å². The van der Waals surface area contributed by atoms with Crippen LogP contribution in [0, 0.1) is 5.82 Å². The molecule has 0 saturated carbocycles. The SMILES string of the molecule is COc1ccc(CC(N)c2cc(Br)ccc2Cl)cc1F. The number of methoxy groups -OCH3 is 1. The molecule has 0 aliphatic heterocycles. The zero-order chi connectivity index (χ0) is 14.7. The van der Waals surface area contributed by atoms with E-state index in [-0.39, 0.29) is 11.8 Å². The minimum Gasteiger partial charge on any atom is -0.494 e. The molecule has 0 bridgehead atoms. The van der Waals surface area contributed by atoms with Crippen LogP contribution in [0.3, 0.4) is 0 Å². The quantitative estimate of drug-likeness (QED) is 0.874. The average Bonchev–Trinajstić information content (AvgIpc) is 2.41. The molecule has 0 radical (unpaired) electrons. The van der Waals surface area contributed by atoms with E-state index in [0.717, 1.165) is 15.6 Å². The van der Waals surface area contributed by atoms with Crippen LogP contribution in [-0.2, 0) is 6.42 Å². The molecule has 106 valence electrons. The maximum Gasteiger partial charge on any atom is 0.165 e. The van der Waals surface area contributed by atoms with Crippen molar-refractivity contribution in [2.75, 3.05) is 7.11 Å². The van der Waals surface area contributed by atoms with Gasteiger partial charge in [0.2, 0.25) is 0 Å². The van der Waals surface area contributed by atoms with Crippen molar-refractivity contribution in [3.63, 3.8) is 0 Å². The number of hydrogen-bond acceptors (Lipinski definition) is 2. The Morgan fingerprint density at radius 1 is 1.30 bits per heavy atom. The summed E-state index contributed by atoms with van der Waals surface area (Å²) in [6.45, 7) is 0. The summed E-state index contributed by atoms with van der Waals surface area (Å²) in [5, 5.41) is 0.606. The normalized spacial score (nSPS) is 12.2. The van der Waals surface area contributed by atoms with Crippen LogP contribution in [0.4, 0.5) is 4.39 Å². The van der Waals surface area contributed by atoms with Crippen molar-refractivity contribution in [1.29, 1.82) is 0 Å². The maximum absolute atomic E-state index is 13.6. The number of benzene rings is 2. The first kappa shape index (κ1) is 15.3. The van der Waals surface area contributed by atoms with Crippen molar-refractivity contribution in [2.45, 2.75) is 12.5 Å². The summed E-state index contributed by atoms with van der Waals surface area (Å²) in [6.07, 6.45) is 0.497. The Balaban J connectivity index is 2.21. The molecule has 0 aliphatic carbocycles. The highest BCUT2D eigenvalue weighted by molar-refractivity contribution is 9.10. The van der Waals surface area contributed by atoms with E-state index in [2.05, 4.69) is 15.9 Å². The van der Waals surface area contributed by atoms with Crippen LogP contribution in [0.15, 0.2) is 40.9 Å². The highest BCUT2D eigenvalue weighted by Crippen LogP contribution is 2.28. The Hall–Kier alpha value is -1.10. The largest absolute Gasteiger partial charge is 0.494 e. The van der Waals surface area contributed by atoms with Crippen LogP contribution in [-0.4, -0.2) is 7.11 Å². The van der Waals surface area contributed by atoms with Gasteiger partial charge in [-0.05, 0) is 47.9 Å². The summed E-state index contributed by atoms with van der Waals surface area (Å²) in [7, 11) is 1.44. The second-order valence-electron chi connectivity index (χ2n) is 4.45. The molecule has 0 aliphatic rings. The Kier molecular flexibility index (Phi) is 5.02. The first-order valence-corrected chi connectivity index (χ1v) is 7.21. The van der Waals surface area contributed by atoms with Gasteiger partial charge in [-0.15, -0.1) is 0 Å². The van der Waals surface area contributed by atoms with Crippen LogP contribution < -0.4 is 10.5 Å². The van der Waals surface area contributed by atoms with E-state index in [1.165, 1.54) is 13.2 Å². The van der Waals surface area contributed by atoms with Crippen molar-refractivity contribution < 1.29 is 9.13 Å². The number of nitrogens with two attached hydrogens (primary N) is 1. The predicted molar refractivity (Wildman–Crippen MR) is 82.7 cm³/mol. The monoisotopic (exact) mass is 357 g/mol. The topological polar surface area (TPSA) is 35.2 Å². The standard InChI is InChI=1S/C15H14BrClFNO/c1-20-15-5-2-9(6-13(15)18)7-14(19)11-8-10(16)3-4-12(11)17/h2-6,8,14H,7,19H2,1H3. The second-order valence-corrected chi connectivity index (χ2v) is 5.77. The summed E-state index contributed by atoms with van der Waals surface area (Å²) >= 11 is 9.53. The first-order valence-electron chi connectivity index (χ1n) is 6.04. The van der Waals surface area contributed by atoms with Gasteiger partial charge in [-0.1, -0.05) is 33.6 Å². The van der Waals surface area contributed by atoms with E-state index in [0.29, 0.717) is 11.4 Å². The highest BCUT2D eigenvalue weighted by atomic mass is 79.9. The van der Waals surface area contributed by atoms with Crippen LogP contribution in [0.2, 0.25) is 5.02 Å². The fourth-order valence-corrected chi connectivity index (χ4v) is 2.64. The van der Waals surface area contributed by atoms with Crippen molar-refractivity contribution in [3.8, 4) is 5.75 Å². The van der Waals surface area contributed by atoms with Gasteiger partial charge in [-0.2, -0.15) is 0 Å². The molecule has 0 aromatic heterocycles. The summed E-state index contributed by atoms with van der Waals surface area (Å²) in [5.74, 6) is -0.166. The lowest BCUT2D eigenvalue weighted by Gasteiger charge is -2.15. The summed E-state index contributed by atoms with van der Waals surface area (Å²) in [6, 6.07) is 10.1. The number of halogens is 3. The Morgan fingerprint density at radius 3 is 2.70 bits per heavy atom. The van der Waals surface area contributed by atoms with E-state index in [1.807, 2.05) is 12.1 Å². The second kappa shape index (κ2) is 6.57. The van der Waals surface area contributed by atoms with Crippen molar-refractivity contribution in [1.82, 2.24) is 0 Å². The molecule has 0 saturated heterocycles. The third-order valence-electron chi connectivity index (χ3n) is 3.03. The fourth-order valence-electron chi connectivity index (χ4n) is 2.00. The highest BCUT2D eigenvalue weighted by Gasteiger charge is 2.13. The van der Waals surface area contributed by atoms with Crippen LogP contribution in [0.1, 0.15) is 17.2 Å². The Labute approximate surface area is 130 Å². The van der Waals surface area contributed by atoms with E-state index < -0.39 is 5.82 Å². The van der Waals surface area contributed by atoms with E-state index >= 15 is 0 Å². The molecule has 0 spiro atoms. The molecule has 1 unspecified atom stereocenters. The summed E-state index contributed by atoms with van der Waals surface area (Å²) < 4.78 is 19.4. The average molecular weight is 359 g/mol. The Bertz CT molecular complexity index is 621. The van der Waals surface area contributed by atoms with Crippen molar-refractivity contribution in [3.05, 3.63) is 62.8 Å². The Morgan fingerprint density at radius 2 is 2.05 bits per heavy atom. The molecule has 2 rings (SSSR count). The van der Waals surface area contributed by atoms with Gasteiger partial charge in [0.25, 0.3) is 0 Å². The van der Waals surface area contributed by atoms with Gasteiger partial charge in [0.15, 0.2) is 11.6 Å². The lowest BCUT2D eigenvalue weighted by Crippen LogP contribution is -2.14. The molecule has 2 aromatic rings. The number of hydrogen-bond donors (Lipinski definition) is 1. The summed E-state index contributed by atoms with van der Waals surface area (Å²) in [5.41, 5.74) is 7.79. The fraction of sp³-hybridized carbons (Fsp3) is 0.200. The van der Waals surface area contributed by atoms with Crippen LogP contribution in [0.25, 0.3) is 0 Å². The zero-order valence-corrected chi connectivity index (χ0v) is 13.2. The zero-order valence-electron chi connectivity index (χ0n) is 10.9. The van der Waals surface area contributed by atoms with Crippen LogP contribution >= 0.6 is 27.5 Å². The minimum absolute atomic E-state index is 0.225. The first-order chi connectivity index (χ1) is 9.51. The van der Waals surface area contributed by atoms with Gasteiger partial charge < -0.3 is 10.5 Å². The lowest BCUT2D eigenvalue weighted by atomic mass is 9.99. The van der Waals surface area contributed by atoms with Gasteiger partial charge in [0.1, 0.15) is 0 Å². The molecule has 20 heavy (non-hydrogen) atoms. The van der Waals surface area contributed by atoms with Crippen molar-refractivity contribution in [2.24, 2.45) is 5.73 Å². The van der Waals surface area contributed by atoms with E-state index in [1.54, 1.807) is 18.2 Å². The smallest absolute Gasteiger partial charge is 0.165 e. The molecule has 2 N–H and O–H groups in total. The number of ether oxygens (including phenoxy) is 1. The molecule has 0 heterocycles. The lowest BCUT2D eigenvalue weighted by molar-refractivity contribution is 0.386. The third kappa shape index (κ3) is 3.51. The van der Waals surface area contributed by atoms with Gasteiger partial charge in [0.05, 0.1) is 7.11 Å². The molecular formula is C15H14BrClFNO. The molecule has 1 atom stereocenters. The molecule has 0 fully saturated rings.